The topological polar surface area (TPSA) is 97.1 Å². The Bertz CT molecular complexity index is 1380. The fraction of sp³-hybridized carbons (Fsp3) is 0.0909. The van der Waals surface area contributed by atoms with Crippen LogP contribution in [0.4, 0.5) is 5.95 Å². The average Bonchev–Trinajstić information content (AvgIpc) is 3.12. The number of nitrogens with one attached hydrogen (secondary N) is 2. The second-order valence-corrected chi connectivity index (χ2v) is 7.72. The van der Waals surface area contributed by atoms with E-state index in [0.29, 0.717) is 18.0 Å². The molecule has 4 rings (SSSR count). The Kier molecular flexibility index (Phi) is 5.94. The molecule has 0 aliphatic heterocycles. The lowest BCUT2D eigenvalue weighted by Gasteiger charge is -2.08. The van der Waals surface area contributed by atoms with Crippen LogP contribution in [0.2, 0.25) is 0 Å². The Morgan fingerprint density at radius 2 is 1.81 bits per heavy atom. The molecular weight excluding hydrogens is 460 g/mol. The molecule has 2 N–H and O–H groups in total. The van der Waals surface area contributed by atoms with Crippen LogP contribution in [0, 0.1) is 0 Å². The first-order valence-corrected chi connectivity index (χ1v) is 10.3. The van der Waals surface area contributed by atoms with Gasteiger partial charge in [-0.3, -0.25) is 18.9 Å². The molecule has 0 saturated heterocycles. The van der Waals surface area contributed by atoms with E-state index in [1.54, 1.807) is 17.8 Å². The Labute approximate surface area is 185 Å². The fourth-order valence-corrected chi connectivity index (χ4v) is 3.50. The number of aromatic nitrogens is 4. The third kappa shape index (κ3) is 4.56. The van der Waals surface area contributed by atoms with Gasteiger partial charge in [0.1, 0.15) is 0 Å². The Morgan fingerprint density at radius 1 is 1.13 bits per heavy atom. The third-order valence-electron chi connectivity index (χ3n) is 4.65. The summed E-state index contributed by atoms with van der Waals surface area (Å²) in [6.07, 6.45) is 3.52. The number of allylic oxidation sites excluding steroid dienone is 1. The number of rotatable bonds is 6. The van der Waals surface area contributed by atoms with Crippen LogP contribution in [0.25, 0.3) is 17.2 Å². The Hall–Kier alpha value is -3.72. The van der Waals surface area contributed by atoms with Gasteiger partial charge in [0.15, 0.2) is 11.2 Å². The summed E-state index contributed by atoms with van der Waals surface area (Å²) in [5, 5.41) is 4.24. The van der Waals surface area contributed by atoms with Crippen molar-refractivity contribution in [2.75, 3.05) is 5.43 Å². The lowest BCUT2D eigenvalue weighted by Crippen LogP contribution is -2.29. The second kappa shape index (κ2) is 8.97. The lowest BCUT2D eigenvalue weighted by molar-refractivity contribution is 0.808. The quantitative estimate of drug-likeness (QED) is 0.328. The summed E-state index contributed by atoms with van der Waals surface area (Å²) in [7, 11) is 1.56. The molecule has 2 aromatic carbocycles. The summed E-state index contributed by atoms with van der Waals surface area (Å²) in [5.41, 5.74) is 4.46. The molecule has 0 aliphatic carbocycles. The van der Waals surface area contributed by atoms with E-state index < -0.39 is 11.2 Å². The molecule has 31 heavy (non-hydrogen) atoms. The van der Waals surface area contributed by atoms with Gasteiger partial charge in [-0.2, -0.15) is 10.1 Å². The maximum absolute atomic E-state index is 12.5. The third-order valence-corrected chi connectivity index (χ3v) is 5.08. The van der Waals surface area contributed by atoms with Gasteiger partial charge in [0.05, 0.1) is 12.8 Å². The molecule has 4 aromatic rings. The predicted molar refractivity (Wildman–Crippen MR) is 127 cm³/mol. The second-order valence-electron chi connectivity index (χ2n) is 6.81. The largest absolute Gasteiger partial charge is 0.329 e. The number of anilines is 1. The Balaban J connectivity index is 1.71. The van der Waals surface area contributed by atoms with Gasteiger partial charge in [-0.1, -0.05) is 60.7 Å². The summed E-state index contributed by atoms with van der Waals surface area (Å²) >= 11 is 3.47. The highest BCUT2D eigenvalue weighted by atomic mass is 79.9. The minimum atomic E-state index is -0.523. The van der Waals surface area contributed by atoms with Crippen molar-refractivity contribution < 1.29 is 0 Å². The minimum absolute atomic E-state index is 0.279. The highest BCUT2D eigenvalue weighted by Gasteiger charge is 2.17. The number of aryl methyl sites for hydroxylation is 1. The molecule has 0 spiro atoms. The monoisotopic (exact) mass is 478 g/mol. The molecule has 0 amide bonds. The van der Waals surface area contributed by atoms with E-state index in [0.717, 1.165) is 15.6 Å². The summed E-state index contributed by atoms with van der Waals surface area (Å²) in [4.78, 5) is 31.3. The van der Waals surface area contributed by atoms with Gasteiger partial charge < -0.3 is 0 Å². The predicted octanol–water partition coefficient (Wildman–Crippen LogP) is 3.31. The van der Waals surface area contributed by atoms with Crippen LogP contribution in [-0.4, -0.2) is 25.3 Å². The molecular formula is C22H19BrN6O2. The SMILES string of the molecule is Cn1c(=O)[nH]c(=O)c2c1nc(NN=C/C(Br)=C\c1ccccc1)n2Cc1ccccc1. The van der Waals surface area contributed by atoms with Crippen LogP contribution >= 0.6 is 15.9 Å². The number of halogens is 1. The van der Waals surface area contributed by atoms with E-state index in [1.165, 1.54) is 4.57 Å². The van der Waals surface area contributed by atoms with Gasteiger partial charge in [0.25, 0.3) is 5.56 Å². The number of hydrogen-bond donors (Lipinski definition) is 2. The zero-order valence-corrected chi connectivity index (χ0v) is 18.2. The molecule has 0 radical (unpaired) electrons. The van der Waals surface area contributed by atoms with Crippen LogP contribution in [0.3, 0.4) is 0 Å². The molecule has 0 bridgehead atoms. The van der Waals surface area contributed by atoms with Gasteiger partial charge in [-0.05, 0) is 33.1 Å². The van der Waals surface area contributed by atoms with Gasteiger partial charge in [0, 0.05) is 11.5 Å². The van der Waals surface area contributed by atoms with E-state index in [9.17, 15) is 9.59 Å². The summed E-state index contributed by atoms with van der Waals surface area (Å²) in [5.74, 6) is 0.349. The van der Waals surface area contributed by atoms with E-state index in [-0.39, 0.29) is 5.65 Å². The van der Waals surface area contributed by atoms with E-state index >= 15 is 0 Å². The van der Waals surface area contributed by atoms with Crippen molar-refractivity contribution in [1.82, 2.24) is 19.1 Å². The standard InChI is InChI=1S/C22H19BrN6O2/c1-28-19-18(20(30)26-22(28)31)29(14-16-10-6-3-7-11-16)21(25-19)27-24-13-17(23)12-15-8-4-2-5-9-15/h2-13H,14H2,1H3,(H,25,27)(H,26,30,31)/b17-12+,24-13?. The molecule has 156 valence electrons. The first-order valence-electron chi connectivity index (χ1n) is 9.48. The number of imidazole rings is 1. The Morgan fingerprint density at radius 3 is 2.52 bits per heavy atom. The number of fused-ring (bicyclic) bond motifs is 1. The molecule has 0 atom stereocenters. The van der Waals surface area contributed by atoms with Crippen molar-refractivity contribution in [2.24, 2.45) is 12.1 Å². The molecule has 0 aliphatic rings. The van der Waals surface area contributed by atoms with Crippen LogP contribution in [0.15, 0.2) is 79.8 Å². The molecule has 2 aromatic heterocycles. The van der Waals surface area contributed by atoms with E-state index in [2.05, 4.69) is 36.4 Å². The zero-order chi connectivity index (χ0) is 21.8. The molecule has 9 heteroatoms. The normalized spacial score (nSPS) is 12.0. The molecule has 0 saturated carbocycles. The fourth-order valence-electron chi connectivity index (χ4n) is 3.14. The highest BCUT2D eigenvalue weighted by Crippen LogP contribution is 2.18. The summed E-state index contributed by atoms with van der Waals surface area (Å²) < 4.78 is 3.76. The number of nitrogens with zero attached hydrogens (tertiary/aromatic N) is 4. The number of hydrogen-bond acceptors (Lipinski definition) is 5. The lowest BCUT2D eigenvalue weighted by atomic mass is 10.2. The van der Waals surface area contributed by atoms with Gasteiger partial charge >= 0.3 is 5.69 Å². The smallest absolute Gasteiger partial charge is 0.298 e. The van der Waals surface area contributed by atoms with E-state index in [4.69, 9.17) is 0 Å². The first-order chi connectivity index (χ1) is 15.0. The first kappa shape index (κ1) is 20.5. The maximum Gasteiger partial charge on any atom is 0.329 e. The van der Waals surface area contributed by atoms with Crippen molar-refractivity contribution in [2.45, 2.75) is 6.54 Å². The number of aromatic amines is 1. The molecule has 0 unspecified atom stereocenters. The van der Waals surface area contributed by atoms with E-state index in [1.807, 2.05) is 66.7 Å². The molecule has 2 heterocycles. The summed E-state index contributed by atoms with van der Waals surface area (Å²) in [6.45, 7) is 0.386. The highest BCUT2D eigenvalue weighted by molar-refractivity contribution is 9.12. The average molecular weight is 479 g/mol. The van der Waals surface area contributed by atoms with Crippen LogP contribution in [0.5, 0.6) is 0 Å². The summed E-state index contributed by atoms with van der Waals surface area (Å²) in [6, 6.07) is 19.5. The number of benzene rings is 2. The number of H-pyrrole nitrogens is 1. The van der Waals surface area contributed by atoms with Gasteiger partial charge in [-0.15, -0.1) is 0 Å². The van der Waals surface area contributed by atoms with Crippen molar-refractivity contribution in [3.63, 3.8) is 0 Å². The van der Waals surface area contributed by atoms with Crippen molar-refractivity contribution in [3.8, 4) is 0 Å². The van der Waals surface area contributed by atoms with Gasteiger partial charge in [0.2, 0.25) is 5.95 Å². The van der Waals surface area contributed by atoms with Crippen molar-refractivity contribution >= 4 is 45.3 Å². The van der Waals surface area contributed by atoms with Crippen LogP contribution in [-0.2, 0) is 13.6 Å². The maximum atomic E-state index is 12.5. The van der Waals surface area contributed by atoms with Crippen LogP contribution < -0.4 is 16.7 Å². The molecule has 0 fully saturated rings. The van der Waals surface area contributed by atoms with Crippen molar-refractivity contribution in [1.29, 1.82) is 0 Å². The minimum Gasteiger partial charge on any atom is -0.298 e. The zero-order valence-electron chi connectivity index (χ0n) is 16.6. The van der Waals surface area contributed by atoms with Gasteiger partial charge in [-0.25, -0.2) is 10.2 Å². The van der Waals surface area contributed by atoms with Crippen LogP contribution in [0.1, 0.15) is 11.1 Å². The molecule has 8 nitrogen and oxygen atoms in total. The van der Waals surface area contributed by atoms with Crippen molar-refractivity contribution in [3.05, 3.63) is 97.1 Å². The number of hydrazone groups is 1.